The van der Waals surface area contributed by atoms with Crippen molar-refractivity contribution in [3.63, 3.8) is 0 Å². The monoisotopic (exact) mass is 431 g/mol. The first-order valence-electron chi connectivity index (χ1n) is 10.5. The van der Waals surface area contributed by atoms with Gasteiger partial charge in [-0.2, -0.15) is 5.26 Å². The molecular formula is C23H25N7O2. The summed E-state index contributed by atoms with van der Waals surface area (Å²) in [6.45, 7) is 8.23. The molecule has 164 valence electrons. The molecule has 3 aromatic rings. The number of carbonyl (C=O) groups excluding carboxylic acids is 1. The average molecular weight is 432 g/mol. The van der Waals surface area contributed by atoms with E-state index in [1.165, 1.54) is 0 Å². The molecule has 2 aromatic heterocycles. The van der Waals surface area contributed by atoms with Gasteiger partial charge in [-0.05, 0) is 45.0 Å². The molecule has 9 nitrogen and oxygen atoms in total. The van der Waals surface area contributed by atoms with Crippen LogP contribution in [0.3, 0.4) is 0 Å². The van der Waals surface area contributed by atoms with Crippen molar-refractivity contribution in [1.29, 1.82) is 5.26 Å². The minimum atomic E-state index is -0.160. The summed E-state index contributed by atoms with van der Waals surface area (Å²) < 4.78 is 7.42. The van der Waals surface area contributed by atoms with Gasteiger partial charge in [-0.25, -0.2) is 15.0 Å². The van der Waals surface area contributed by atoms with Crippen molar-refractivity contribution < 1.29 is 9.53 Å². The molecule has 0 radical (unpaired) electrons. The number of rotatable bonds is 5. The number of ether oxygens (including phenoxy) is 1. The van der Waals surface area contributed by atoms with Gasteiger partial charge >= 0.3 is 0 Å². The third-order valence-corrected chi connectivity index (χ3v) is 5.34. The number of anilines is 2. The minimum Gasteiger partial charge on any atom is -0.378 e. The van der Waals surface area contributed by atoms with Crippen molar-refractivity contribution in [3.8, 4) is 17.5 Å². The van der Waals surface area contributed by atoms with Crippen molar-refractivity contribution in [1.82, 2.24) is 24.4 Å². The Morgan fingerprint density at radius 1 is 1.22 bits per heavy atom. The molecule has 1 saturated heterocycles. The Morgan fingerprint density at radius 3 is 2.72 bits per heavy atom. The largest absolute Gasteiger partial charge is 0.378 e. The number of amides is 1. The van der Waals surface area contributed by atoms with Gasteiger partial charge in [0, 0.05) is 31.0 Å². The maximum Gasteiger partial charge on any atom is 0.255 e. The number of benzene rings is 1. The van der Waals surface area contributed by atoms with E-state index in [1.807, 2.05) is 13.0 Å². The van der Waals surface area contributed by atoms with E-state index in [4.69, 9.17) is 4.74 Å². The maximum absolute atomic E-state index is 12.8. The summed E-state index contributed by atoms with van der Waals surface area (Å²) in [5.74, 6) is 1.15. The SMILES string of the molecule is Cc1ncc(-c2ccnc(Nc3ccc(C(=O)N4CCOCC4)c(C#N)c3)n2)n1C(C)C. The zero-order chi connectivity index (χ0) is 22.7. The normalized spacial score (nSPS) is 13.8. The van der Waals surface area contributed by atoms with Crippen LogP contribution in [0.2, 0.25) is 0 Å². The molecular weight excluding hydrogens is 406 g/mol. The zero-order valence-corrected chi connectivity index (χ0v) is 18.4. The molecule has 0 saturated carbocycles. The highest BCUT2D eigenvalue weighted by molar-refractivity contribution is 5.97. The fourth-order valence-electron chi connectivity index (χ4n) is 3.82. The molecule has 0 bridgehead atoms. The lowest BCUT2D eigenvalue weighted by Gasteiger charge is -2.27. The first kappa shape index (κ1) is 21.5. The summed E-state index contributed by atoms with van der Waals surface area (Å²) in [6.07, 6.45) is 3.49. The molecule has 4 rings (SSSR count). The number of carbonyl (C=O) groups is 1. The second-order valence-electron chi connectivity index (χ2n) is 7.82. The number of nitrogens with one attached hydrogen (secondary N) is 1. The lowest BCUT2D eigenvalue weighted by molar-refractivity contribution is 0.0302. The third-order valence-electron chi connectivity index (χ3n) is 5.34. The Balaban J connectivity index is 1.58. The number of aryl methyl sites for hydroxylation is 1. The first-order valence-corrected chi connectivity index (χ1v) is 10.5. The Bertz CT molecular complexity index is 1170. The summed E-state index contributed by atoms with van der Waals surface area (Å²) >= 11 is 0. The minimum absolute atomic E-state index is 0.160. The summed E-state index contributed by atoms with van der Waals surface area (Å²) in [5, 5.41) is 12.8. The number of nitriles is 1. The number of aromatic nitrogens is 4. The van der Waals surface area contributed by atoms with Crippen LogP contribution >= 0.6 is 0 Å². The molecule has 1 aliphatic rings. The fraction of sp³-hybridized carbons (Fsp3) is 0.348. The van der Waals surface area contributed by atoms with E-state index in [2.05, 4.69) is 44.8 Å². The van der Waals surface area contributed by atoms with Gasteiger partial charge in [0.15, 0.2) is 0 Å². The van der Waals surface area contributed by atoms with E-state index in [9.17, 15) is 10.1 Å². The lowest BCUT2D eigenvalue weighted by atomic mass is 10.1. The van der Waals surface area contributed by atoms with Gasteiger partial charge < -0.3 is 19.5 Å². The van der Waals surface area contributed by atoms with Crippen molar-refractivity contribution in [2.75, 3.05) is 31.6 Å². The lowest BCUT2D eigenvalue weighted by Crippen LogP contribution is -2.40. The van der Waals surface area contributed by atoms with Crippen LogP contribution in [0.5, 0.6) is 0 Å². The van der Waals surface area contributed by atoms with Crippen LogP contribution in [0.4, 0.5) is 11.6 Å². The summed E-state index contributed by atoms with van der Waals surface area (Å²) in [6, 6.07) is 9.28. The molecule has 32 heavy (non-hydrogen) atoms. The predicted octanol–water partition coefficient (Wildman–Crippen LogP) is 3.32. The smallest absolute Gasteiger partial charge is 0.255 e. The summed E-state index contributed by atoms with van der Waals surface area (Å²) in [4.78, 5) is 27.9. The second-order valence-corrected chi connectivity index (χ2v) is 7.82. The van der Waals surface area contributed by atoms with E-state index in [0.29, 0.717) is 49.1 Å². The van der Waals surface area contributed by atoms with E-state index >= 15 is 0 Å². The number of hydrogen-bond donors (Lipinski definition) is 1. The predicted molar refractivity (Wildman–Crippen MR) is 120 cm³/mol. The molecule has 0 spiro atoms. The van der Waals surface area contributed by atoms with Crippen molar-refractivity contribution in [3.05, 3.63) is 53.6 Å². The quantitative estimate of drug-likeness (QED) is 0.660. The number of hydrogen-bond acceptors (Lipinski definition) is 7. The van der Waals surface area contributed by atoms with Gasteiger partial charge in [0.2, 0.25) is 5.95 Å². The zero-order valence-electron chi connectivity index (χ0n) is 18.4. The average Bonchev–Trinajstić information content (AvgIpc) is 3.21. The van der Waals surface area contributed by atoms with Gasteiger partial charge in [0.25, 0.3) is 5.91 Å². The summed E-state index contributed by atoms with van der Waals surface area (Å²) in [7, 11) is 0. The maximum atomic E-state index is 12.8. The van der Waals surface area contributed by atoms with Crippen LogP contribution in [0.15, 0.2) is 36.7 Å². The van der Waals surface area contributed by atoms with E-state index < -0.39 is 0 Å². The van der Waals surface area contributed by atoms with Gasteiger partial charge in [0.05, 0.1) is 41.9 Å². The van der Waals surface area contributed by atoms with Gasteiger partial charge in [-0.15, -0.1) is 0 Å². The fourth-order valence-corrected chi connectivity index (χ4v) is 3.82. The van der Waals surface area contributed by atoms with Gasteiger partial charge in [-0.1, -0.05) is 0 Å². The number of morpholine rings is 1. The van der Waals surface area contributed by atoms with Crippen LogP contribution in [-0.2, 0) is 4.74 Å². The molecule has 0 atom stereocenters. The number of imidazole rings is 1. The molecule has 1 aromatic carbocycles. The first-order chi connectivity index (χ1) is 15.5. The van der Waals surface area contributed by atoms with Crippen molar-refractivity contribution >= 4 is 17.5 Å². The molecule has 0 aliphatic carbocycles. The molecule has 0 unspecified atom stereocenters. The van der Waals surface area contributed by atoms with E-state index in [1.54, 1.807) is 35.5 Å². The van der Waals surface area contributed by atoms with Gasteiger partial charge in [-0.3, -0.25) is 4.79 Å². The highest BCUT2D eigenvalue weighted by Crippen LogP contribution is 2.25. The van der Waals surface area contributed by atoms with Crippen LogP contribution in [-0.4, -0.2) is 56.6 Å². The van der Waals surface area contributed by atoms with Crippen LogP contribution in [0.1, 0.15) is 41.6 Å². The standard InChI is InChI=1S/C23H25N7O2/c1-15(2)30-16(3)26-14-21(30)20-6-7-25-23(28-20)27-18-4-5-19(17(12-18)13-24)22(31)29-8-10-32-11-9-29/h4-7,12,14-15H,8-11H2,1-3H3,(H,25,27,28). The van der Waals surface area contributed by atoms with Crippen LogP contribution in [0.25, 0.3) is 11.4 Å². The Morgan fingerprint density at radius 2 is 2.00 bits per heavy atom. The van der Waals surface area contributed by atoms with E-state index in [-0.39, 0.29) is 11.9 Å². The number of nitrogens with zero attached hydrogens (tertiary/aromatic N) is 6. The van der Waals surface area contributed by atoms with Gasteiger partial charge in [0.1, 0.15) is 11.9 Å². The van der Waals surface area contributed by atoms with Crippen LogP contribution in [0, 0.1) is 18.3 Å². The highest BCUT2D eigenvalue weighted by atomic mass is 16.5. The molecule has 1 amide bonds. The Hall–Kier alpha value is -3.77. The molecule has 1 aliphatic heterocycles. The summed E-state index contributed by atoms with van der Waals surface area (Å²) in [5.41, 5.74) is 2.97. The van der Waals surface area contributed by atoms with Crippen LogP contribution < -0.4 is 5.32 Å². The van der Waals surface area contributed by atoms with Crippen molar-refractivity contribution in [2.45, 2.75) is 26.8 Å². The van der Waals surface area contributed by atoms with E-state index in [0.717, 1.165) is 17.2 Å². The molecule has 3 heterocycles. The Labute approximate surface area is 186 Å². The molecule has 9 heteroatoms. The third kappa shape index (κ3) is 4.31. The Kier molecular flexibility index (Phi) is 6.14. The molecule has 1 fully saturated rings. The molecule has 1 N–H and O–H groups in total. The topological polar surface area (TPSA) is 109 Å². The van der Waals surface area contributed by atoms with Crippen molar-refractivity contribution in [2.24, 2.45) is 0 Å². The highest BCUT2D eigenvalue weighted by Gasteiger charge is 2.21. The second kappa shape index (κ2) is 9.16.